The Morgan fingerprint density at radius 1 is 1.38 bits per heavy atom. The van der Waals surface area contributed by atoms with Crippen molar-refractivity contribution in [2.24, 2.45) is 0 Å². The summed E-state index contributed by atoms with van der Waals surface area (Å²) in [6.45, 7) is -0.858. The summed E-state index contributed by atoms with van der Waals surface area (Å²) in [7, 11) is -10.4. The fraction of sp³-hybridized carbons (Fsp3) is 0.556. The Hall–Kier alpha value is -1.17. The molecule has 1 unspecified atom stereocenters. The van der Waals surface area contributed by atoms with E-state index < -0.39 is 52.0 Å². The van der Waals surface area contributed by atoms with Gasteiger partial charge in [0.2, 0.25) is 0 Å². The molecule has 2 heterocycles. The fourth-order valence-electron chi connectivity index (χ4n) is 1.99. The summed E-state index contributed by atoms with van der Waals surface area (Å²) in [6.07, 6.45) is -3.41. The maximum absolute atomic E-state index is 13.9. The summed E-state index contributed by atoms with van der Waals surface area (Å²) in [5.74, 6) is 0. The summed E-state index contributed by atoms with van der Waals surface area (Å²) in [5, 5.41) is 0. The lowest BCUT2D eigenvalue weighted by Crippen LogP contribution is -2.31. The first kappa shape index (κ1) is 19.2. The molecule has 136 valence electrons. The van der Waals surface area contributed by atoms with Crippen LogP contribution in [0.1, 0.15) is 12.6 Å². The first-order valence-corrected chi connectivity index (χ1v) is 9.35. The van der Waals surface area contributed by atoms with Gasteiger partial charge in [0.05, 0.1) is 6.61 Å². The van der Waals surface area contributed by atoms with Gasteiger partial charge in [0.25, 0.3) is 5.56 Å². The van der Waals surface area contributed by atoms with E-state index in [0.29, 0.717) is 0 Å². The van der Waals surface area contributed by atoms with Gasteiger partial charge in [0, 0.05) is 18.7 Å². The molecule has 1 aromatic rings. The molecule has 1 fully saturated rings. The van der Waals surface area contributed by atoms with E-state index in [4.69, 9.17) is 19.4 Å². The number of alkyl halides is 1. The predicted molar refractivity (Wildman–Crippen MR) is 73.7 cm³/mol. The third-order valence-corrected chi connectivity index (χ3v) is 5.09. The highest BCUT2D eigenvalue weighted by atomic mass is 31.3. The van der Waals surface area contributed by atoms with Crippen LogP contribution in [-0.4, -0.2) is 43.1 Å². The molecule has 24 heavy (non-hydrogen) atoms. The molecule has 4 atom stereocenters. The monoisotopic (exact) mass is 390 g/mol. The Labute approximate surface area is 132 Å². The molecule has 0 spiro atoms. The zero-order valence-corrected chi connectivity index (χ0v) is 13.5. The van der Waals surface area contributed by atoms with Crippen LogP contribution in [0.25, 0.3) is 0 Å². The van der Waals surface area contributed by atoms with Crippen LogP contribution in [-0.2, 0) is 22.7 Å². The standard InChI is InChI=1S/C9H13FN2O10P2/c10-5-3-8(12-2-1-7(13)11-9(12)14)21-6(5)4-20-24(18,19)22-23(15,16)17/h1-2,5-6,8H,3-4H2,(H,18,19)(H,11,13,14)(H2,15,16,17)/t5-,6+,8+/m0/s1. The lowest BCUT2D eigenvalue weighted by atomic mass is 10.2. The molecule has 2 rings (SSSR count). The molecule has 0 aliphatic carbocycles. The first-order valence-electron chi connectivity index (χ1n) is 6.32. The maximum Gasteiger partial charge on any atom is 0.481 e. The molecular weight excluding hydrogens is 377 g/mol. The van der Waals surface area contributed by atoms with E-state index in [2.05, 4.69) is 8.83 Å². The number of hydrogen-bond donors (Lipinski definition) is 4. The number of phosphoric acid groups is 2. The molecule has 1 saturated heterocycles. The third kappa shape index (κ3) is 5.16. The van der Waals surface area contributed by atoms with Crippen LogP contribution in [0.3, 0.4) is 0 Å². The highest BCUT2D eigenvalue weighted by Gasteiger charge is 2.40. The zero-order valence-electron chi connectivity index (χ0n) is 11.7. The third-order valence-electron chi connectivity index (χ3n) is 2.93. The van der Waals surface area contributed by atoms with Crippen LogP contribution < -0.4 is 11.2 Å². The smallest absolute Gasteiger partial charge is 0.349 e. The van der Waals surface area contributed by atoms with Crippen molar-refractivity contribution in [3.63, 3.8) is 0 Å². The van der Waals surface area contributed by atoms with Crippen molar-refractivity contribution in [1.82, 2.24) is 9.55 Å². The Balaban J connectivity index is 2.01. The Morgan fingerprint density at radius 2 is 2.04 bits per heavy atom. The number of aromatic nitrogens is 2. The van der Waals surface area contributed by atoms with Gasteiger partial charge in [-0.1, -0.05) is 0 Å². The summed E-state index contributed by atoms with van der Waals surface area (Å²) in [6, 6.07) is 1.03. The van der Waals surface area contributed by atoms with E-state index in [9.17, 15) is 23.1 Å². The van der Waals surface area contributed by atoms with Gasteiger partial charge < -0.3 is 19.4 Å². The van der Waals surface area contributed by atoms with Crippen LogP contribution in [0.5, 0.6) is 0 Å². The van der Waals surface area contributed by atoms with Crippen LogP contribution in [0.15, 0.2) is 21.9 Å². The van der Waals surface area contributed by atoms with Crippen molar-refractivity contribution in [2.75, 3.05) is 6.61 Å². The van der Waals surface area contributed by atoms with Crippen molar-refractivity contribution in [2.45, 2.75) is 24.9 Å². The summed E-state index contributed by atoms with van der Waals surface area (Å²) in [4.78, 5) is 50.5. The van der Waals surface area contributed by atoms with Crippen LogP contribution in [0, 0.1) is 0 Å². The lowest BCUT2D eigenvalue weighted by Gasteiger charge is -2.17. The van der Waals surface area contributed by atoms with Crippen molar-refractivity contribution in [3.8, 4) is 0 Å². The number of phosphoric ester groups is 1. The predicted octanol–water partition coefficient (Wildman–Crippen LogP) is -0.612. The highest BCUT2D eigenvalue weighted by Crippen LogP contribution is 2.57. The quantitative estimate of drug-likeness (QED) is 0.458. The van der Waals surface area contributed by atoms with Crippen molar-refractivity contribution in [3.05, 3.63) is 33.1 Å². The molecular formula is C9H13FN2O10P2. The van der Waals surface area contributed by atoms with Crippen molar-refractivity contribution < 1.29 is 41.8 Å². The van der Waals surface area contributed by atoms with Gasteiger partial charge >= 0.3 is 21.3 Å². The largest absolute Gasteiger partial charge is 0.481 e. The molecule has 0 saturated carbocycles. The van der Waals surface area contributed by atoms with E-state index >= 15 is 0 Å². The fourth-order valence-corrected chi connectivity index (χ4v) is 3.59. The van der Waals surface area contributed by atoms with Gasteiger partial charge in [-0.3, -0.25) is 18.9 Å². The Morgan fingerprint density at radius 3 is 2.62 bits per heavy atom. The van der Waals surface area contributed by atoms with Gasteiger partial charge in [-0.2, -0.15) is 4.31 Å². The topological polar surface area (TPSA) is 177 Å². The molecule has 1 aliphatic heterocycles. The minimum atomic E-state index is -5.29. The Bertz CT molecular complexity index is 802. The lowest BCUT2D eigenvalue weighted by molar-refractivity contribution is -0.0349. The van der Waals surface area contributed by atoms with E-state index in [-0.39, 0.29) is 6.42 Å². The van der Waals surface area contributed by atoms with Gasteiger partial charge in [-0.05, 0) is 0 Å². The molecule has 1 aliphatic rings. The minimum Gasteiger partial charge on any atom is -0.349 e. The Kier molecular flexibility index (Phi) is 5.57. The van der Waals surface area contributed by atoms with Crippen molar-refractivity contribution >= 4 is 15.6 Å². The number of halogens is 1. The molecule has 12 nitrogen and oxygen atoms in total. The molecule has 0 bridgehead atoms. The summed E-state index contributed by atoms with van der Waals surface area (Å²) in [5.41, 5.74) is -1.49. The number of rotatable bonds is 6. The highest BCUT2D eigenvalue weighted by molar-refractivity contribution is 7.60. The number of H-pyrrole nitrogens is 1. The second-order valence-corrected chi connectivity index (χ2v) is 7.56. The number of ether oxygens (including phenoxy) is 1. The second-order valence-electron chi connectivity index (χ2n) is 4.73. The molecule has 0 amide bonds. The maximum atomic E-state index is 13.9. The summed E-state index contributed by atoms with van der Waals surface area (Å²) < 4.78 is 49.6. The normalized spacial score (nSPS) is 27.1. The second kappa shape index (κ2) is 6.98. The summed E-state index contributed by atoms with van der Waals surface area (Å²) >= 11 is 0. The molecule has 1 aromatic heterocycles. The first-order chi connectivity index (χ1) is 11.0. The van der Waals surface area contributed by atoms with E-state index in [0.717, 1.165) is 16.8 Å². The zero-order chi connectivity index (χ0) is 18.1. The van der Waals surface area contributed by atoms with Gasteiger partial charge in [-0.25, -0.2) is 18.3 Å². The van der Waals surface area contributed by atoms with E-state index in [1.54, 1.807) is 0 Å². The molecule has 15 heteroatoms. The minimum absolute atomic E-state index is 0.310. The SMILES string of the molecule is O=c1ccn([C@H]2C[C@H](F)[C@@H](COP(=O)(O)OP(=O)(O)O)O2)c(=O)[nH]1. The number of nitrogens with zero attached hydrogens (tertiary/aromatic N) is 1. The average Bonchev–Trinajstić information content (AvgIpc) is 2.75. The number of hydrogen-bond acceptors (Lipinski definition) is 7. The molecule has 0 radical (unpaired) electrons. The molecule has 4 N–H and O–H groups in total. The van der Waals surface area contributed by atoms with Gasteiger partial charge in [0.1, 0.15) is 18.5 Å². The van der Waals surface area contributed by atoms with E-state index in [1.165, 1.54) is 0 Å². The van der Waals surface area contributed by atoms with Gasteiger partial charge in [-0.15, -0.1) is 0 Å². The molecule has 0 aromatic carbocycles. The van der Waals surface area contributed by atoms with Crippen LogP contribution in [0.4, 0.5) is 4.39 Å². The number of aromatic amines is 1. The average molecular weight is 390 g/mol. The van der Waals surface area contributed by atoms with Gasteiger partial charge in [0.15, 0.2) is 0 Å². The van der Waals surface area contributed by atoms with Crippen molar-refractivity contribution in [1.29, 1.82) is 0 Å². The number of nitrogens with one attached hydrogen (secondary N) is 1. The van der Waals surface area contributed by atoms with Crippen LogP contribution >= 0.6 is 15.6 Å². The van der Waals surface area contributed by atoms with Crippen LogP contribution in [0.2, 0.25) is 0 Å². The van der Waals surface area contributed by atoms with E-state index in [1.807, 2.05) is 4.98 Å².